The summed E-state index contributed by atoms with van der Waals surface area (Å²) in [5.41, 5.74) is 1.77. The van der Waals surface area contributed by atoms with Crippen molar-refractivity contribution in [1.82, 2.24) is 4.90 Å². The molecule has 3 rings (SSSR count). The lowest BCUT2D eigenvalue weighted by Gasteiger charge is -2.26. The van der Waals surface area contributed by atoms with E-state index in [1.54, 1.807) is 24.3 Å². The highest BCUT2D eigenvalue weighted by Gasteiger charge is 2.43. The van der Waals surface area contributed by atoms with Gasteiger partial charge in [0.1, 0.15) is 25.0 Å². The summed E-state index contributed by atoms with van der Waals surface area (Å²) in [7, 11) is 0. The fourth-order valence-corrected chi connectivity index (χ4v) is 3.28. The molecule has 1 aliphatic rings. The van der Waals surface area contributed by atoms with Gasteiger partial charge < -0.3 is 9.47 Å². The summed E-state index contributed by atoms with van der Waals surface area (Å²) in [6, 6.07) is 13.2. The van der Waals surface area contributed by atoms with Gasteiger partial charge in [0.25, 0.3) is 11.8 Å². The average Bonchev–Trinajstić information content (AvgIpc) is 2.95. The van der Waals surface area contributed by atoms with Crippen LogP contribution in [0.4, 0.5) is 0 Å². The SMILES string of the molecule is Cc1ccc(OCCOC(=O)C(CC(C)C)N2C(=O)c3ccccc3C2=O)cc1. The van der Waals surface area contributed by atoms with Gasteiger partial charge in [-0.05, 0) is 43.5 Å². The van der Waals surface area contributed by atoms with Crippen LogP contribution in [0.5, 0.6) is 5.75 Å². The van der Waals surface area contributed by atoms with Crippen molar-refractivity contribution in [2.24, 2.45) is 5.92 Å². The molecule has 2 aromatic carbocycles. The maximum absolute atomic E-state index is 12.7. The predicted octanol–water partition coefficient (Wildman–Crippen LogP) is 3.63. The lowest BCUT2D eigenvalue weighted by molar-refractivity contribution is -0.149. The van der Waals surface area contributed by atoms with Crippen LogP contribution in [0.15, 0.2) is 48.5 Å². The first-order valence-corrected chi connectivity index (χ1v) is 9.71. The highest BCUT2D eigenvalue weighted by Crippen LogP contribution is 2.27. The van der Waals surface area contributed by atoms with Gasteiger partial charge in [0.2, 0.25) is 0 Å². The van der Waals surface area contributed by atoms with E-state index in [0.717, 1.165) is 10.5 Å². The van der Waals surface area contributed by atoms with Crippen LogP contribution < -0.4 is 4.74 Å². The molecule has 152 valence electrons. The molecule has 0 saturated heterocycles. The van der Waals surface area contributed by atoms with Crippen molar-refractivity contribution in [3.8, 4) is 5.75 Å². The van der Waals surface area contributed by atoms with Gasteiger partial charge in [-0.15, -0.1) is 0 Å². The number of carbonyl (C=O) groups excluding carboxylic acids is 3. The topological polar surface area (TPSA) is 72.9 Å². The molecular formula is C23H25NO5. The van der Waals surface area contributed by atoms with Gasteiger partial charge in [0.05, 0.1) is 11.1 Å². The van der Waals surface area contributed by atoms with Crippen molar-refractivity contribution < 1.29 is 23.9 Å². The largest absolute Gasteiger partial charge is 0.490 e. The van der Waals surface area contributed by atoms with Gasteiger partial charge in [-0.3, -0.25) is 14.5 Å². The van der Waals surface area contributed by atoms with E-state index in [2.05, 4.69) is 0 Å². The monoisotopic (exact) mass is 395 g/mol. The molecule has 1 heterocycles. The molecule has 0 aliphatic carbocycles. The number of rotatable bonds is 8. The van der Waals surface area contributed by atoms with Gasteiger partial charge in [0, 0.05) is 0 Å². The van der Waals surface area contributed by atoms with E-state index >= 15 is 0 Å². The zero-order valence-electron chi connectivity index (χ0n) is 16.9. The molecule has 1 aliphatic heterocycles. The fourth-order valence-electron chi connectivity index (χ4n) is 3.28. The molecule has 6 heteroatoms. The molecule has 0 bridgehead atoms. The van der Waals surface area contributed by atoms with Crippen molar-refractivity contribution in [1.29, 1.82) is 0 Å². The molecule has 0 spiro atoms. The molecule has 2 amide bonds. The summed E-state index contributed by atoms with van der Waals surface area (Å²) in [6.07, 6.45) is 0.336. The summed E-state index contributed by atoms with van der Waals surface area (Å²) in [5, 5.41) is 0. The number of ether oxygens (including phenoxy) is 2. The van der Waals surface area contributed by atoms with Crippen molar-refractivity contribution in [3.63, 3.8) is 0 Å². The fraction of sp³-hybridized carbons (Fsp3) is 0.348. The van der Waals surface area contributed by atoms with Crippen LogP contribution in [0.25, 0.3) is 0 Å². The zero-order chi connectivity index (χ0) is 21.0. The van der Waals surface area contributed by atoms with Crippen LogP contribution in [0.2, 0.25) is 0 Å². The maximum atomic E-state index is 12.7. The second kappa shape index (κ2) is 8.90. The molecule has 2 aromatic rings. The summed E-state index contributed by atoms with van der Waals surface area (Å²) in [5.74, 6) is -0.722. The number of esters is 1. The lowest BCUT2D eigenvalue weighted by atomic mass is 10.0. The Kier molecular flexibility index (Phi) is 6.32. The second-order valence-electron chi connectivity index (χ2n) is 7.50. The summed E-state index contributed by atoms with van der Waals surface area (Å²) < 4.78 is 10.9. The first-order chi connectivity index (χ1) is 13.9. The smallest absolute Gasteiger partial charge is 0.329 e. The van der Waals surface area contributed by atoms with E-state index in [9.17, 15) is 14.4 Å². The maximum Gasteiger partial charge on any atom is 0.329 e. The third kappa shape index (κ3) is 4.65. The van der Waals surface area contributed by atoms with Crippen LogP contribution in [0, 0.1) is 12.8 Å². The number of hydrogen-bond donors (Lipinski definition) is 0. The predicted molar refractivity (Wildman–Crippen MR) is 108 cm³/mol. The Bertz CT molecular complexity index is 869. The Morgan fingerprint density at radius 3 is 2.07 bits per heavy atom. The Morgan fingerprint density at radius 1 is 0.931 bits per heavy atom. The number of benzene rings is 2. The minimum atomic E-state index is -0.957. The van der Waals surface area contributed by atoms with Gasteiger partial charge in [-0.1, -0.05) is 43.7 Å². The molecule has 1 unspecified atom stereocenters. The Hall–Kier alpha value is -3.15. The third-order valence-corrected chi connectivity index (χ3v) is 4.72. The standard InChI is InChI=1S/C23H25NO5/c1-15(2)14-20(24-21(25)18-6-4-5-7-19(18)22(24)26)23(27)29-13-12-28-17-10-8-16(3)9-11-17/h4-11,15,20H,12-14H2,1-3H3. The first kappa shape index (κ1) is 20.6. The number of carbonyl (C=O) groups is 3. The molecule has 1 atom stereocenters. The van der Waals surface area contributed by atoms with Crippen molar-refractivity contribution in [2.45, 2.75) is 33.2 Å². The quantitative estimate of drug-likeness (QED) is 0.388. The molecule has 29 heavy (non-hydrogen) atoms. The molecule has 0 radical (unpaired) electrons. The highest BCUT2D eigenvalue weighted by molar-refractivity contribution is 6.22. The van der Waals surface area contributed by atoms with E-state index in [-0.39, 0.29) is 19.1 Å². The Morgan fingerprint density at radius 2 is 1.52 bits per heavy atom. The van der Waals surface area contributed by atoms with Crippen LogP contribution in [0.1, 0.15) is 46.5 Å². The normalized spacial score (nSPS) is 14.1. The first-order valence-electron chi connectivity index (χ1n) is 9.71. The van der Waals surface area contributed by atoms with E-state index in [0.29, 0.717) is 23.3 Å². The van der Waals surface area contributed by atoms with Crippen LogP contribution in [-0.4, -0.2) is 41.9 Å². The minimum Gasteiger partial charge on any atom is -0.490 e. The second-order valence-corrected chi connectivity index (χ2v) is 7.50. The zero-order valence-corrected chi connectivity index (χ0v) is 16.9. The van der Waals surface area contributed by atoms with Crippen molar-refractivity contribution in [3.05, 3.63) is 65.2 Å². The number of amides is 2. The van der Waals surface area contributed by atoms with Gasteiger partial charge in [0.15, 0.2) is 0 Å². The molecule has 0 fully saturated rings. The van der Waals surface area contributed by atoms with E-state index < -0.39 is 23.8 Å². The van der Waals surface area contributed by atoms with Crippen molar-refractivity contribution in [2.75, 3.05) is 13.2 Å². The minimum absolute atomic E-state index is 0.0322. The molecule has 0 N–H and O–H groups in total. The average molecular weight is 395 g/mol. The Balaban J connectivity index is 1.64. The van der Waals surface area contributed by atoms with Gasteiger partial charge >= 0.3 is 5.97 Å². The molecule has 6 nitrogen and oxygen atoms in total. The molecule has 0 saturated carbocycles. The van der Waals surface area contributed by atoms with Gasteiger partial charge in [-0.25, -0.2) is 4.79 Å². The number of imide groups is 1. The van der Waals surface area contributed by atoms with Crippen LogP contribution in [0.3, 0.4) is 0 Å². The summed E-state index contributed by atoms with van der Waals surface area (Å²) in [4.78, 5) is 39.3. The highest BCUT2D eigenvalue weighted by atomic mass is 16.6. The number of hydrogen-bond acceptors (Lipinski definition) is 5. The summed E-state index contributed by atoms with van der Waals surface area (Å²) >= 11 is 0. The van der Waals surface area contributed by atoms with E-state index in [4.69, 9.17) is 9.47 Å². The lowest BCUT2D eigenvalue weighted by Crippen LogP contribution is -2.46. The number of nitrogens with zero attached hydrogens (tertiary/aromatic N) is 1. The molecular weight excluding hydrogens is 370 g/mol. The number of fused-ring (bicyclic) bond motifs is 1. The van der Waals surface area contributed by atoms with Gasteiger partial charge in [-0.2, -0.15) is 0 Å². The van der Waals surface area contributed by atoms with Crippen LogP contribution >= 0.6 is 0 Å². The van der Waals surface area contributed by atoms with E-state index in [1.165, 1.54) is 0 Å². The number of aryl methyl sites for hydroxylation is 1. The van der Waals surface area contributed by atoms with Crippen LogP contribution in [-0.2, 0) is 9.53 Å². The summed E-state index contributed by atoms with van der Waals surface area (Å²) in [6.45, 7) is 6.06. The van der Waals surface area contributed by atoms with E-state index in [1.807, 2.05) is 45.0 Å². The van der Waals surface area contributed by atoms with Crippen molar-refractivity contribution >= 4 is 17.8 Å². The molecule has 0 aromatic heterocycles. The third-order valence-electron chi connectivity index (χ3n) is 4.72. The Labute approximate surface area is 170 Å².